The zero-order valence-electron chi connectivity index (χ0n) is 25.7. The molecule has 0 radical (unpaired) electrons. The molecule has 4 heterocycles. The van der Waals surface area contributed by atoms with Crippen molar-refractivity contribution in [2.24, 2.45) is 5.92 Å². The van der Waals surface area contributed by atoms with Gasteiger partial charge in [-0.3, -0.25) is 14.5 Å². The van der Waals surface area contributed by atoms with Crippen LogP contribution in [0.25, 0.3) is 0 Å². The maximum absolute atomic E-state index is 13.7. The Morgan fingerprint density at radius 1 is 0.841 bits per heavy atom. The largest absolute Gasteiger partial charge is 0.489 e. The fraction of sp³-hybridized carbons (Fsp3) is 0.417. The second-order valence-electron chi connectivity index (χ2n) is 13.2. The Labute approximate surface area is 258 Å². The topological polar surface area (TPSA) is 85.4 Å². The summed E-state index contributed by atoms with van der Waals surface area (Å²) < 4.78 is 17.5. The van der Waals surface area contributed by atoms with Crippen molar-refractivity contribution in [1.29, 1.82) is 0 Å². The fourth-order valence-electron chi connectivity index (χ4n) is 6.35. The van der Waals surface area contributed by atoms with Gasteiger partial charge in [0.25, 0.3) is 5.91 Å². The summed E-state index contributed by atoms with van der Waals surface area (Å²) in [6.45, 7) is 9.36. The molecule has 3 aromatic carbocycles. The summed E-state index contributed by atoms with van der Waals surface area (Å²) in [6.07, 6.45) is 2.06. The van der Waals surface area contributed by atoms with Crippen molar-refractivity contribution in [2.45, 2.75) is 57.3 Å². The van der Waals surface area contributed by atoms with Crippen LogP contribution in [0.4, 0.5) is 0 Å². The van der Waals surface area contributed by atoms with Crippen LogP contribution in [-0.2, 0) is 26.3 Å². The number of hydrogen-bond donors (Lipinski definition) is 0. The third-order valence-electron chi connectivity index (χ3n) is 8.88. The molecule has 0 spiro atoms. The molecular weight excluding hydrogens is 556 g/mol. The van der Waals surface area contributed by atoms with Crippen LogP contribution in [0.3, 0.4) is 0 Å². The van der Waals surface area contributed by atoms with Gasteiger partial charge in [-0.2, -0.15) is 0 Å². The van der Waals surface area contributed by atoms with Crippen LogP contribution in [0.5, 0.6) is 5.75 Å². The zero-order chi connectivity index (χ0) is 30.9. The zero-order valence-corrected chi connectivity index (χ0v) is 25.7. The summed E-state index contributed by atoms with van der Waals surface area (Å²) in [7, 11) is 0. The molecule has 2 bridgehead atoms. The SMILES string of the molecule is CC(C)(C)OC(=O)c1ccc(COc2ccc(C(=O)N3CC(C(=O)OC4CN5CCC4CC5)(c4ccccc4)C3)cc2)cc1. The minimum atomic E-state index is -0.856. The lowest BCUT2D eigenvalue weighted by atomic mass is 9.73. The summed E-state index contributed by atoms with van der Waals surface area (Å²) in [6, 6.07) is 23.9. The number of likely N-dealkylation sites (tertiary alicyclic amines) is 1. The van der Waals surface area contributed by atoms with Crippen LogP contribution in [-0.4, -0.2) is 72.1 Å². The van der Waals surface area contributed by atoms with Gasteiger partial charge in [0.1, 0.15) is 29.5 Å². The van der Waals surface area contributed by atoms with Gasteiger partial charge in [-0.05, 0) is 100 Å². The van der Waals surface area contributed by atoms with E-state index in [9.17, 15) is 14.4 Å². The van der Waals surface area contributed by atoms with E-state index in [-0.39, 0.29) is 37.0 Å². The Morgan fingerprint density at radius 3 is 2.07 bits per heavy atom. The molecule has 0 aliphatic carbocycles. The fourth-order valence-corrected chi connectivity index (χ4v) is 6.35. The van der Waals surface area contributed by atoms with Crippen LogP contribution in [0.2, 0.25) is 0 Å². The minimum absolute atomic E-state index is 0.0780. The Kier molecular flexibility index (Phi) is 8.20. The summed E-state index contributed by atoms with van der Waals surface area (Å²) >= 11 is 0. The standard InChI is InChI=1S/C36H40N2O6/c1-35(2,3)44-33(40)28-11-9-25(10-12-28)22-42-30-15-13-27(14-16-30)32(39)38-23-36(24-38,29-7-5-4-6-8-29)34(41)43-31-21-37-19-17-26(31)18-20-37/h4-16,26,31H,17-24H2,1-3H3. The molecule has 4 saturated heterocycles. The van der Waals surface area contributed by atoms with E-state index >= 15 is 0 Å². The van der Waals surface area contributed by atoms with Crippen molar-refractivity contribution in [3.63, 3.8) is 0 Å². The van der Waals surface area contributed by atoms with E-state index in [0.29, 0.717) is 29.4 Å². The Balaban J connectivity index is 1.06. The Bertz CT molecular complexity index is 1480. The monoisotopic (exact) mass is 596 g/mol. The molecule has 44 heavy (non-hydrogen) atoms. The van der Waals surface area contributed by atoms with E-state index in [1.54, 1.807) is 41.3 Å². The van der Waals surface area contributed by atoms with E-state index in [0.717, 1.165) is 43.6 Å². The molecule has 4 fully saturated rings. The molecule has 8 heteroatoms. The van der Waals surface area contributed by atoms with Crippen molar-refractivity contribution in [2.75, 3.05) is 32.7 Å². The number of hydrogen-bond acceptors (Lipinski definition) is 7. The van der Waals surface area contributed by atoms with E-state index < -0.39 is 11.0 Å². The van der Waals surface area contributed by atoms with Crippen molar-refractivity contribution < 1.29 is 28.6 Å². The van der Waals surface area contributed by atoms with E-state index in [1.165, 1.54) is 0 Å². The van der Waals surface area contributed by atoms with Crippen molar-refractivity contribution in [1.82, 2.24) is 9.80 Å². The molecule has 3 aromatic rings. The molecule has 0 aromatic heterocycles. The lowest BCUT2D eigenvalue weighted by molar-refractivity contribution is -0.171. The number of carbonyl (C=O) groups is 3. The predicted molar refractivity (Wildman–Crippen MR) is 165 cm³/mol. The number of piperidine rings is 3. The maximum Gasteiger partial charge on any atom is 0.338 e. The highest BCUT2D eigenvalue weighted by Crippen LogP contribution is 2.39. The first kappa shape index (κ1) is 29.9. The maximum atomic E-state index is 13.7. The quantitative estimate of drug-likeness (QED) is 0.328. The van der Waals surface area contributed by atoms with Crippen LogP contribution >= 0.6 is 0 Å². The van der Waals surface area contributed by atoms with Crippen molar-refractivity contribution in [3.05, 3.63) is 101 Å². The number of esters is 2. The normalized spacial score (nSPS) is 22.1. The summed E-state index contributed by atoms with van der Waals surface area (Å²) in [5, 5.41) is 0. The van der Waals surface area contributed by atoms with Crippen LogP contribution in [0.15, 0.2) is 78.9 Å². The second-order valence-corrected chi connectivity index (χ2v) is 13.2. The molecule has 0 saturated carbocycles. The molecule has 0 N–H and O–H groups in total. The first-order chi connectivity index (χ1) is 21.1. The molecule has 230 valence electrons. The number of benzene rings is 3. The van der Waals surface area contributed by atoms with Crippen LogP contribution < -0.4 is 4.74 Å². The number of fused-ring (bicyclic) bond motifs is 3. The lowest BCUT2D eigenvalue weighted by Gasteiger charge is -2.50. The second kappa shape index (κ2) is 12.1. The van der Waals surface area contributed by atoms with Crippen LogP contribution in [0.1, 0.15) is 65.5 Å². The highest BCUT2D eigenvalue weighted by atomic mass is 16.6. The number of ether oxygens (including phenoxy) is 3. The summed E-state index contributed by atoms with van der Waals surface area (Å²) in [5.74, 6) is 0.332. The van der Waals surface area contributed by atoms with Crippen LogP contribution in [0, 0.1) is 5.92 Å². The molecule has 4 aliphatic heterocycles. The van der Waals surface area contributed by atoms with E-state index in [4.69, 9.17) is 14.2 Å². The Morgan fingerprint density at radius 2 is 1.48 bits per heavy atom. The van der Waals surface area contributed by atoms with E-state index in [1.807, 2.05) is 63.2 Å². The third kappa shape index (κ3) is 6.36. The molecule has 1 amide bonds. The van der Waals surface area contributed by atoms with Gasteiger partial charge in [-0.15, -0.1) is 0 Å². The van der Waals surface area contributed by atoms with Crippen molar-refractivity contribution >= 4 is 17.8 Å². The highest BCUT2D eigenvalue weighted by molar-refractivity contribution is 5.97. The summed E-state index contributed by atoms with van der Waals surface area (Å²) in [5.41, 5.74) is 1.41. The Hall–Kier alpha value is -4.17. The first-order valence-corrected chi connectivity index (χ1v) is 15.4. The molecule has 8 nitrogen and oxygen atoms in total. The van der Waals surface area contributed by atoms with Gasteiger partial charge in [0.05, 0.1) is 5.56 Å². The molecule has 4 aliphatic rings. The minimum Gasteiger partial charge on any atom is -0.489 e. The first-order valence-electron chi connectivity index (χ1n) is 15.4. The number of amides is 1. The van der Waals surface area contributed by atoms with Gasteiger partial charge in [0.2, 0.25) is 0 Å². The molecule has 1 atom stereocenters. The van der Waals surface area contributed by atoms with E-state index in [2.05, 4.69) is 4.90 Å². The summed E-state index contributed by atoms with van der Waals surface area (Å²) in [4.78, 5) is 43.5. The lowest BCUT2D eigenvalue weighted by Crippen LogP contribution is -2.66. The predicted octanol–water partition coefficient (Wildman–Crippen LogP) is 5.25. The highest BCUT2D eigenvalue weighted by Gasteiger charge is 2.54. The van der Waals surface area contributed by atoms with Gasteiger partial charge in [-0.25, -0.2) is 4.79 Å². The molecule has 1 unspecified atom stereocenters. The van der Waals surface area contributed by atoms with Gasteiger partial charge >= 0.3 is 11.9 Å². The average Bonchev–Trinajstić information content (AvgIpc) is 3.00. The smallest absolute Gasteiger partial charge is 0.338 e. The van der Waals surface area contributed by atoms with Crippen molar-refractivity contribution in [3.8, 4) is 5.75 Å². The number of carbonyl (C=O) groups excluding carboxylic acids is 3. The number of nitrogens with zero attached hydrogens (tertiary/aromatic N) is 2. The third-order valence-corrected chi connectivity index (χ3v) is 8.88. The van der Waals surface area contributed by atoms with Gasteiger partial charge in [-0.1, -0.05) is 42.5 Å². The number of rotatable bonds is 8. The molecular formula is C36H40N2O6. The van der Waals surface area contributed by atoms with Gasteiger partial charge in [0, 0.05) is 25.2 Å². The van der Waals surface area contributed by atoms with Gasteiger partial charge < -0.3 is 19.1 Å². The molecule has 7 rings (SSSR count). The average molecular weight is 597 g/mol. The van der Waals surface area contributed by atoms with Gasteiger partial charge in [0.15, 0.2) is 0 Å².